The molecule has 0 aliphatic carbocycles. The molecule has 0 N–H and O–H groups in total. The van der Waals surface area contributed by atoms with Gasteiger partial charge in [0.25, 0.3) is 11.7 Å². The number of anilines is 1. The Bertz CT molecular complexity index is 521. The number of Topliss-reactive ketones (excluding diaryl/α,β-unsaturated/α-hetero) is 1. The smallest absolute Gasteiger partial charge is 0.299 e. The summed E-state index contributed by atoms with van der Waals surface area (Å²) in [5.74, 6) is 0.0697. The highest BCUT2D eigenvalue weighted by Crippen LogP contribution is 2.33. The van der Waals surface area contributed by atoms with Gasteiger partial charge in [0.2, 0.25) is 0 Å². The maximum atomic E-state index is 13.5. The van der Waals surface area contributed by atoms with E-state index in [2.05, 4.69) is 15.9 Å². The molecular formula is C12H11BrFNO2S. The van der Waals surface area contributed by atoms with Gasteiger partial charge in [-0.1, -0.05) is 6.92 Å². The Morgan fingerprint density at radius 1 is 1.39 bits per heavy atom. The number of hydrogen-bond donors (Lipinski definition) is 0. The molecule has 0 saturated heterocycles. The Balaban J connectivity index is 2.33. The number of amides is 1. The topological polar surface area (TPSA) is 37.4 Å². The maximum absolute atomic E-state index is 13.5. The number of hydrogen-bond acceptors (Lipinski definition) is 3. The van der Waals surface area contributed by atoms with E-state index in [9.17, 15) is 14.0 Å². The maximum Gasteiger partial charge on any atom is 0.299 e. The lowest BCUT2D eigenvalue weighted by molar-refractivity contribution is -0.114. The molecule has 0 unspecified atom stereocenters. The van der Waals surface area contributed by atoms with Crippen LogP contribution in [0.15, 0.2) is 16.6 Å². The largest absolute Gasteiger partial charge is 0.304 e. The van der Waals surface area contributed by atoms with Crippen molar-refractivity contribution in [3.05, 3.63) is 28.0 Å². The highest BCUT2D eigenvalue weighted by Gasteiger charge is 2.36. The first-order valence-electron chi connectivity index (χ1n) is 5.49. The highest BCUT2D eigenvalue weighted by molar-refractivity contribution is 9.10. The second kappa shape index (κ2) is 5.40. The molecule has 1 aliphatic heterocycles. The summed E-state index contributed by atoms with van der Waals surface area (Å²) in [5, 5.41) is 0. The van der Waals surface area contributed by atoms with Gasteiger partial charge in [0.05, 0.1) is 15.7 Å². The molecule has 0 spiro atoms. The van der Waals surface area contributed by atoms with Gasteiger partial charge >= 0.3 is 0 Å². The van der Waals surface area contributed by atoms with E-state index >= 15 is 0 Å². The van der Waals surface area contributed by atoms with Crippen molar-refractivity contribution in [3.8, 4) is 0 Å². The summed E-state index contributed by atoms with van der Waals surface area (Å²) in [7, 11) is 0. The van der Waals surface area contributed by atoms with E-state index < -0.39 is 17.5 Å². The van der Waals surface area contributed by atoms with Crippen molar-refractivity contribution in [2.75, 3.05) is 23.0 Å². The van der Waals surface area contributed by atoms with Crippen LogP contribution in [0.3, 0.4) is 0 Å². The molecule has 0 atom stereocenters. The number of carbonyl (C=O) groups excluding carboxylic acids is 2. The normalized spacial score (nSPS) is 14.3. The van der Waals surface area contributed by atoms with Crippen molar-refractivity contribution in [1.29, 1.82) is 0 Å². The first-order chi connectivity index (χ1) is 8.56. The van der Waals surface area contributed by atoms with Crippen LogP contribution in [0.25, 0.3) is 0 Å². The zero-order chi connectivity index (χ0) is 13.3. The predicted octanol–water partition coefficient (Wildman–Crippen LogP) is 2.87. The summed E-state index contributed by atoms with van der Waals surface area (Å²) in [6.07, 6.45) is 0. The van der Waals surface area contributed by atoms with Crippen LogP contribution in [-0.4, -0.2) is 29.7 Å². The van der Waals surface area contributed by atoms with Crippen LogP contribution in [0.4, 0.5) is 10.1 Å². The molecule has 0 radical (unpaired) electrons. The molecule has 96 valence electrons. The third-order valence-electron chi connectivity index (χ3n) is 2.68. The Hall–Kier alpha value is -0.880. The van der Waals surface area contributed by atoms with Crippen LogP contribution < -0.4 is 4.90 Å². The number of rotatable bonds is 4. The number of carbonyl (C=O) groups is 2. The number of ketones is 1. The molecule has 0 saturated carbocycles. The van der Waals surface area contributed by atoms with Crippen LogP contribution in [0.1, 0.15) is 17.3 Å². The predicted molar refractivity (Wildman–Crippen MR) is 73.8 cm³/mol. The van der Waals surface area contributed by atoms with Gasteiger partial charge in [0.1, 0.15) is 5.82 Å². The molecule has 1 amide bonds. The monoisotopic (exact) mass is 331 g/mol. The van der Waals surface area contributed by atoms with Crippen LogP contribution in [-0.2, 0) is 4.79 Å². The summed E-state index contributed by atoms with van der Waals surface area (Å²) >= 11 is 4.69. The molecule has 1 aliphatic rings. The minimum atomic E-state index is -0.570. The fraction of sp³-hybridized carbons (Fsp3) is 0.333. The fourth-order valence-electron chi connectivity index (χ4n) is 1.81. The molecule has 0 bridgehead atoms. The average molecular weight is 332 g/mol. The van der Waals surface area contributed by atoms with Gasteiger partial charge in [-0.2, -0.15) is 11.8 Å². The second-order valence-electron chi connectivity index (χ2n) is 3.77. The van der Waals surface area contributed by atoms with Crippen LogP contribution in [0, 0.1) is 5.82 Å². The molecule has 1 aromatic rings. The number of thioether (sulfide) groups is 1. The van der Waals surface area contributed by atoms with E-state index in [1.54, 1.807) is 11.8 Å². The molecule has 1 aromatic carbocycles. The van der Waals surface area contributed by atoms with Gasteiger partial charge in [0, 0.05) is 12.3 Å². The van der Waals surface area contributed by atoms with Crippen molar-refractivity contribution in [2.24, 2.45) is 0 Å². The molecule has 0 aromatic heterocycles. The third kappa shape index (κ3) is 2.31. The van der Waals surface area contributed by atoms with Gasteiger partial charge in [-0.3, -0.25) is 9.59 Å². The zero-order valence-corrected chi connectivity index (χ0v) is 12.1. The van der Waals surface area contributed by atoms with E-state index in [1.807, 2.05) is 6.92 Å². The molecular weight excluding hydrogens is 321 g/mol. The van der Waals surface area contributed by atoms with E-state index in [1.165, 1.54) is 17.0 Å². The quantitative estimate of drug-likeness (QED) is 0.629. The summed E-state index contributed by atoms with van der Waals surface area (Å²) in [4.78, 5) is 24.9. The van der Waals surface area contributed by atoms with E-state index in [-0.39, 0.29) is 10.0 Å². The van der Waals surface area contributed by atoms with E-state index in [0.717, 1.165) is 11.5 Å². The molecule has 3 nitrogen and oxygen atoms in total. The summed E-state index contributed by atoms with van der Waals surface area (Å²) in [5.41, 5.74) is 0.650. The first kappa shape index (κ1) is 13.5. The van der Waals surface area contributed by atoms with Crippen LogP contribution >= 0.6 is 27.7 Å². The molecule has 0 fully saturated rings. The zero-order valence-electron chi connectivity index (χ0n) is 9.70. The van der Waals surface area contributed by atoms with Gasteiger partial charge in [-0.05, 0) is 33.8 Å². The van der Waals surface area contributed by atoms with Crippen molar-refractivity contribution < 1.29 is 14.0 Å². The lowest BCUT2D eigenvalue weighted by atomic mass is 10.1. The fourth-order valence-corrected chi connectivity index (χ4v) is 2.75. The molecule has 18 heavy (non-hydrogen) atoms. The SMILES string of the molecule is CCSCCN1C(=O)C(=O)c2cc(Br)c(F)cc21. The lowest BCUT2D eigenvalue weighted by Crippen LogP contribution is -2.31. The second-order valence-corrected chi connectivity index (χ2v) is 6.01. The van der Waals surface area contributed by atoms with Crippen LogP contribution in [0.5, 0.6) is 0 Å². The number of fused-ring (bicyclic) bond motifs is 1. The van der Waals surface area contributed by atoms with Gasteiger partial charge in [-0.25, -0.2) is 4.39 Å². The van der Waals surface area contributed by atoms with Gasteiger partial charge in [0.15, 0.2) is 0 Å². The number of benzene rings is 1. The molecule has 2 rings (SSSR count). The Morgan fingerprint density at radius 3 is 2.78 bits per heavy atom. The number of nitrogens with zero attached hydrogens (tertiary/aromatic N) is 1. The van der Waals surface area contributed by atoms with Crippen molar-refractivity contribution in [3.63, 3.8) is 0 Å². The number of halogens is 2. The Kier molecular flexibility index (Phi) is 4.07. The van der Waals surface area contributed by atoms with Crippen molar-refractivity contribution in [2.45, 2.75) is 6.92 Å². The lowest BCUT2D eigenvalue weighted by Gasteiger charge is -2.16. The van der Waals surface area contributed by atoms with E-state index in [4.69, 9.17) is 0 Å². The first-order valence-corrected chi connectivity index (χ1v) is 7.44. The Morgan fingerprint density at radius 2 is 2.11 bits per heavy atom. The summed E-state index contributed by atoms with van der Waals surface area (Å²) in [6, 6.07) is 2.61. The Labute approximate surface area is 117 Å². The average Bonchev–Trinajstić information content (AvgIpc) is 2.56. The molecule has 1 heterocycles. The third-order valence-corrected chi connectivity index (χ3v) is 4.16. The summed E-state index contributed by atoms with van der Waals surface area (Å²) < 4.78 is 13.7. The van der Waals surface area contributed by atoms with Crippen molar-refractivity contribution >= 4 is 45.1 Å². The van der Waals surface area contributed by atoms with Gasteiger partial charge < -0.3 is 4.90 Å². The summed E-state index contributed by atoms with van der Waals surface area (Å²) in [6.45, 7) is 2.45. The minimum absolute atomic E-state index is 0.201. The standard InChI is InChI=1S/C12H11BrFNO2S/c1-2-18-4-3-15-10-6-9(14)8(13)5-7(10)11(16)12(15)17/h5-6H,2-4H2,1H3. The molecule has 6 heteroatoms. The van der Waals surface area contributed by atoms with E-state index in [0.29, 0.717) is 12.2 Å². The van der Waals surface area contributed by atoms with Crippen molar-refractivity contribution in [1.82, 2.24) is 0 Å². The highest BCUT2D eigenvalue weighted by atomic mass is 79.9. The minimum Gasteiger partial charge on any atom is -0.304 e. The van der Waals surface area contributed by atoms with Crippen LogP contribution in [0.2, 0.25) is 0 Å². The van der Waals surface area contributed by atoms with Gasteiger partial charge in [-0.15, -0.1) is 0 Å².